The molecule has 0 amide bonds. The summed E-state index contributed by atoms with van der Waals surface area (Å²) >= 11 is 0. The van der Waals surface area contributed by atoms with Gasteiger partial charge in [-0.2, -0.15) is 0 Å². The molecule has 0 heterocycles. The van der Waals surface area contributed by atoms with Crippen LogP contribution in [0, 0.1) is 0 Å². The van der Waals surface area contributed by atoms with Gasteiger partial charge in [0.1, 0.15) is 0 Å². The summed E-state index contributed by atoms with van der Waals surface area (Å²) < 4.78 is 0. The van der Waals surface area contributed by atoms with E-state index in [4.69, 9.17) is 0 Å². The Balaban J connectivity index is 0. The van der Waals surface area contributed by atoms with Gasteiger partial charge in [0, 0.05) is 93.3 Å². The van der Waals surface area contributed by atoms with Gasteiger partial charge in [0.2, 0.25) is 0 Å². The fraction of sp³-hybridized carbons (Fsp3) is 0. The molecular formula is Fe3Mo2. The molecule has 5 heteroatoms. The molecule has 0 aromatic rings. The summed E-state index contributed by atoms with van der Waals surface area (Å²) in [6, 6.07) is 0. The molecular weight excluding hydrogens is 359 g/mol. The Morgan fingerprint density at radius 2 is 0.400 bits per heavy atom. The van der Waals surface area contributed by atoms with E-state index in [1.54, 1.807) is 0 Å². The molecule has 0 N–H and O–H groups in total. The SMILES string of the molecule is [Fe].[Fe].[Fe].[Mo].[Mo]. The monoisotopic (exact) mass is 364 g/mol. The van der Waals surface area contributed by atoms with Gasteiger partial charge < -0.3 is 0 Å². The van der Waals surface area contributed by atoms with Gasteiger partial charge in [-0.25, -0.2) is 0 Å². The van der Waals surface area contributed by atoms with Crippen molar-refractivity contribution >= 4 is 0 Å². The third-order valence-electron chi connectivity index (χ3n) is 0. The summed E-state index contributed by atoms with van der Waals surface area (Å²) in [5, 5.41) is 0. The molecule has 0 aromatic carbocycles. The maximum atomic E-state index is 0. The summed E-state index contributed by atoms with van der Waals surface area (Å²) in [5.41, 5.74) is 0. The molecule has 0 nitrogen and oxygen atoms in total. The number of rotatable bonds is 0. The van der Waals surface area contributed by atoms with E-state index in [-0.39, 0.29) is 93.3 Å². The molecule has 0 aromatic heterocycles. The van der Waals surface area contributed by atoms with Crippen molar-refractivity contribution < 1.29 is 93.3 Å². The first kappa shape index (κ1) is 44.3. The molecule has 0 bridgehead atoms. The van der Waals surface area contributed by atoms with Gasteiger partial charge in [0.25, 0.3) is 0 Å². The Morgan fingerprint density at radius 3 is 0.400 bits per heavy atom. The summed E-state index contributed by atoms with van der Waals surface area (Å²) in [7, 11) is 0. The zero-order valence-corrected chi connectivity index (χ0v) is 9.20. The Morgan fingerprint density at radius 1 is 0.400 bits per heavy atom. The first-order valence-corrected chi connectivity index (χ1v) is 0. The van der Waals surface area contributed by atoms with Gasteiger partial charge in [-0.3, -0.25) is 0 Å². The van der Waals surface area contributed by atoms with Crippen LogP contribution >= 0.6 is 0 Å². The Kier molecular flexibility index (Phi) is 251. The third kappa shape index (κ3) is 19.6. The van der Waals surface area contributed by atoms with Crippen molar-refractivity contribution in [2.45, 2.75) is 0 Å². The topological polar surface area (TPSA) is 0 Å². The van der Waals surface area contributed by atoms with Crippen LogP contribution in [0.15, 0.2) is 0 Å². The van der Waals surface area contributed by atoms with Gasteiger partial charge in [-0.1, -0.05) is 0 Å². The van der Waals surface area contributed by atoms with Gasteiger partial charge in [-0.05, 0) is 0 Å². The Hall–Kier alpha value is 2.94. The van der Waals surface area contributed by atoms with E-state index in [0.29, 0.717) is 0 Å². The van der Waals surface area contributed by atoms with Crippen molar-refractivity contribution in [1.29, 1.82) is 0 Å². The van der Waals surface area contributed by atoms with Gasteiger partial charge in [-0.15, -0.1) is 0 Å². The van der Waals surface area contributed by atoms with Crippen molar-refractivity contribution in [1.82, 2.24) is 0 Å². The molecule has 0 aliphatic rings. The Bertz CT molecular complexity index is 4.85. The van der Waals surface area contributed by atoms with E-state index in [1.807, 2.05) is 0 Å². The fourth-order valence-corrected chi connectivity index (χ4v) is 0. The van der Waals surface area contributed by atoms with E-state index < -0.39 is 0 Å². The smallest absolute Gasteiger partial charge is 0 e. The first-order valence-electron chi connectivity index (χ1n) is 0. The maximum Gasteiger partial charge on any atom is 0 e. The molecule has 0 fully saturated rings. The molecule has 0 saturated carbocycles. The van der Waals surface area contributed by atoms with Crippen molar-refractivity contribution in [3.05, 3.63) is 0 Å². The standard InChI is InChI=1S/3Fe.2Mo. The maximum absolute atomic E-state index is 0. The average Bonchev–Trinajstić information content (AvgIpc) is 0. The first-order chi connectivity index (χ1) is 0. The van der Waals surface area contributed by atoms with Crippen molar-refractivity contribution in [2.75, 3.05) is 0 Å². The van der Waals surface area contributed by atoms with Crippen LogP contribution in [0.4, 0.5) is 0 Å². The van der Waals surface area contributed by atoms with Crippen LogP contribution in [0.25, 0.3) is 0 Å². The second kappa shape index (κ2) is 28.4. The minimum Gasteiger partial charge on any atom is 0 e. The van der Waals surface area contributed by atoms with Crippen LogP contribution in [0.1, 0.15) is 0 Å². The minimum atomic E-state index is 0. The van der Waals surface area contributed by atoms with Crippen molar-refractivity contribution in [3.63, 3.8) is 0 Å². The van der Waals surface area contributed by atoms with Crippen LogP contribution in [0.5, 0.6) is 0 Å². The van der Waals surface area contributed by atoms with Crippen molar-refractivity contribution in [3.8, 4) is 0 Å². The summed E-state index contributed by atoms with van der Waals surface area (Å²) in [6.07, 6.45) is 0. The molecule has 0 saturated heterocycles. The predicted molar refractivity (Wildman–Crippen MR) is 0 cm³/mol. The van der Waals surface area contributed by atoms with Crippen LogP contribution in [0.2, 0.25) is 0 Å². The molecule has 5 heavy (non-hydrogen) atoms. The number of hydrogen-bond donors (Lipinski definition) is 0. The Labute approximate surface area is 91.9 Å². The van der Waals surface area contributed by atoms with Crippen LogP contribution in [0.3, 0.4) is 0 Å². The summed E-state index contributed by atoms with van der Waals surface area (Å²) in [6.45, 7) is 0. The molecule has 0 spiro atoms. The molecule has 0 aliphatic carbocycles. The van der Waals surface area contributed by atoms with E-state index in [9.17, 15) is 0 Å². The summed E-state index contributed by atoms with van der Waals surface area (Å²) in [4.78, 5) is 0. The second-order valence-corrected chi connectivity index (χ2v) is 0. The van der Waals surface area contributed by atoms with E-state index in [0.717, 1.165) is 0 Å². The minimum absolute atomic E-state index is 0. The van der Waals surface area contributed by atoms with Gasteiger partial charge in [0.05, 0.1) is 0 Å². The van der Waals surface area contributed by atoms with Crippen LogP contribution in [-0.4, -0.2) is 0 Å². The average molecular weight is 359 g/mol. The van der Waals surface area contributed by atoms with E-state index in [1.165, 1.54) is 0 Å². The van der Waals surface area contributed by atoms with Crippen LogP contribution in [-0.2, 0) is 93.3 Å². The zero-order valence-electron chi connectivity index (χ0n) is 1.88. The largest absolute Gasteiger partial charge is 0 e. The van der Waals surface area contributed by atoms with E-state index >= 15 is 0 Å². The second-order valence-electron chi connectivity index (χ2n) is 0. The molecule has 36 valence electrons. The normalized spacial score (nSPS) is 0. The molecule has 0 unspecified atom stereocenters. The van der Waals surface area contributed by atoms with Crippen LogP contribution < -0.4 is 0 Å². The van der Waals surface area contributed by atoms with Gasteiger partial charge >= 0.3 is 0 Å². The van der Waals surface area contributed by atoms with Crippen molar-refractivity contribution in [2.24, 2.45) is 0 Å². The molecule has 0 atom stereocenters. The quantitative estimate of drug-likeness (QED) is 0.534. The number of hydrogen-bond acceptors (Lipinski definition) is 0. The molecule has 0 radical (unpaired) electrons. The fourth-order valence-electron chi connectivity index (χ4n) is 0. The summed E-state index contributed by atoms with van der Waals surface area (Å²) in [5.74, 6) is 0. The molecule has 0 rings (SSSR count). The van der Waals surface area contributed by atoms with E-state index in [2.05, 4.69) is 0 Å². The zero-order chi connectivity index (χ0) is 0. The third-order valence-corrected chi connectivity index (χ3v) is 0. The predicted octanol–water partition coefficient (Wildman–Crippen LogP) is -0.0125. The molecule has 0 aliphatic heterocycles. The van der Waals surface area contributed by atoms with Gasteiger partial charge in [0.15, 0.2) is 0 Å².